The van der Waals surface area contributed by atoms with Gasteiger partial charge in [0.15, 0.2) is 6.10 Å². The topological polar surface area (TPSA) is 110 Å². The lowest BCUT2D eigenvalue weighted by atomic mass is 10.2. The maximum Gasteiger partial charge on any atom is 0.291 e. The van der Waals surface area contributed by atoms with Gasteiger partial charge < -0.3 is 4.74 Å². The van der Waals surface area contributed by atoms with Crippen molar-refractivity contribution in [3.05, 3.63) is 60.7 Å². The van der Waals surface area contributed by atoms with Gasteiger partial charge in [-0.3, -0.25) is 14.8 Å². The largest absolute Gasteiger partial charge is 0.481 e. The second kappa shape index (κ2) is 8.81. The van der Waals surface area contributed by atoms with Crippen LogP contribution in [-0.2, 0) is 14.8 Å². The van der Waals surface area contributed by atoms with Crippen molar-refractivity contribution in [2.75, 3.05) is 10.0 Å². The lowest BCUT2D eigenvalue weighted by Crippen LogP contribution is -2.32. The first-order chi connectivity index (χ1) is 13.5. The third kappa shape index (κ3) is 5.05. The van der Waals surface area contributed by atoms with E-state index >= 15 is 0 Å². The molecule has 10 heteroatoms. The molecule has 8 nitrogen and oxygen atoms in total. The molecule has 0 bridgehead atoms. The molecule has 0 aliphatic carbocycles. The van der Waals surface area contributed by atoms with Crippen LogP contribution in [0.4, 0.5) is 10.8 Å². The smallest absolute Gasteiger partial charge is 0.291 e. The SMILES string of the molecule is CC[C@H](Oc1ccccc1)C(=O)Nc1nnc(S(=O)(=O)Nc2ccccc2)s1. The molecule has 0 saturated carbocycles. The quantitative estimate of drug-likeness (QED) is 0.544. The Bertz CT molecular complexity index is 1020. The van der Waals surface area contributed by atoms with E-state index in [1.807, 2.05) is 25.1 Å². The highest BCUT2D eigenvalue weighted by atomic mass is 32.2. The molecule has 3 aromatic rings. The number of nitrogens with zero attached hydrogens (tertiary/aromatic N) is 2. The number of hydrogen-bond donors (Lipinski definition) is 2. The van der Waals surface area contributed by atoms with Gasteiger partial charge in [0.1, 0.15) is 5.75 Å². The summed E-state index contributed by atoms with van der Waals surface area (Å²) >= 11 is 0.761. The van der Waals surface area contributed by atoms with Crippen LogP contribution in [-0.4, -0.2) is 30.6 Å². The number of carbonyl (C=O) groups excluding carboxylic acids is 1. The molecule has 0 aliphatic rings. The number of hydrogen-bond acceptors (Lipinski definition) is 7. The Balaban J connectivity index is 1.67. The average molecular weight is 419 g/mol. The third-order valence-electron chi connectivity index (χ3n) is 3.58. The Morgan fingerprint density at radius 1 is 1.07 bits per heavy atom. The minimum absolute atomic E-state index is 0.0774. The predicted octanol–water partition coefficient (Wildman–Crippen LogP) is 3.14. The zero-order valence-electron chi connectivity index (χ0n) is 14.9. The number of para-hydroxylation sites is 2. The number of benzene rings is 2. The zero-order valence-corrected chi connectivity index (χ0v) is 16.5. The second-order valence-electron chi connectivity index (χ2n) is 5.66. The summed E-state index contributed by atoms with van der Waals surface area (Å²) in [5.41, 5.74) is 0.408. The highest BCUT2D eigenvalue weighted by Gasteiger charge is 2.24. The van der Waals surface area contributed by atoms with Crippen LogP contribution in [0.25, 0.3) is 0 Å². The molecule has 28 heavy (non-hydrogen) atoms. The van der Waals surface area contributed by atoms with Gasteiger partial charge in [-0.2, -0.15) is 8.42 Å². The highest BCUT2D eigenvalue weighted by Crippen LogP contribution is 2.23. The van der Waals surface area contributed by atoms with Crippen LogP contribution in [0.2, 0.25) is 0 Å². The molecule has 3 rings (SSSR count). The normalized spacial score (nSPS) is 12.2. The van der Waals surface area contributed by atoms with Crippen molar-refractivity contribution in [3.8, 4) is 5.75 Å². The van der Waals surface area contributed by atoms with E-state index in [0.29, 0.717) is 17.9 Å². The van der Waals surface area contributed by atoms with Crippen LogP contribution in [0.1, 0.15) is 13.3 Å². The monoisotopic (exact) mass is 418 g/mol. The van der Waals surface area contributed by atoms with Crippen molar-refractivity contribution in [1.82, 2.24) is 10.2 Å². The van der Waals surface area contributed by atoms with Crippen LogP contribution in [0.15, 0.2) is 65.0 Å². The van der Waals surface area contributed by atoms with Crippen LogP contribution < -0.4 is 14.8 Å². The van der Waals surface area contributed by atoms with Gasteiger partial charge in [0.2, 0.25) is 5.13 Å². The number of rotatable bonds is 8. The summed E-state index contributed by atoms with van der Waals surface area (Å²) in [6.07, 6.45) is -0.311. The van der Waals surface area contributed by atoms with E-state index in [2.05, 4.69) is 20.2 Å². The van der Waals surface area contributed by atoms with E-state index < -0.39 is 22.0 Å². The van der Waals surface area contributed by atoms with Crippen molar-refractivity contribution in [1.29, 1.82) is 0 Å². The van der Waals surface area contributed by atoms with Gasteiger partial charge in [0.05, 0.1) is 0 Å². The Kier molecular flexibility index (Phi) is 6.22. The van der Waals surface area contributed by atoms with E-state index in [9.17, 15) is 13.2 Å². The molecular weight excluding hydrogens is 400 g/mol. The Morgan fingerprint density at radius 2 is 1.71 bits per heavy atom. The molecule has 0 aliphatic heterocycles. The molecule has 0 spiro atoms. The summed E-state index contributed by atoms with van der Waals surface area (Å²) in [5, 5.41) is 10.1. The number of anilines is 2. The van der Waals surface area contributed by atoms with E-state index in [-0.39, 0.29) is 9.47 Å². The molecule has 146 valence electrons. The van der Waals surface area contributed by atoms with E-state index in [0.717, 1.165) is 11.3 Å². The molecule has 1 amide bonds. The van der Waals surface area contributed by atoms with Gasteiger partial charge in [-0.15, -0.1) is 10.2 Å². The number of amides is 1. The fraction of sp³-hybridized carbons (Fsp3) is 0.167. The van der Waals surface area contributed by atoms with Crippen LogP contribution in [0.5, 0.6) is 5.75 Å². The molecule has 0 radical (unpaired) electrons. The summed E-state index contributed by atoms with van der Waals surface area (Å²) in [7, 11) is -3.89. The molecule has 0 saturated heterocycles. The van der Waals surface area contributed by atoms with E-state index in [1.54, 1.807) is 42.5 Å². The van der Waals surface area contributed by atoms with Crippen molar-refractivity contribution < 1.29 is 17.9 Å². The van der Waals surface area contributed by atoms with Crippen LogP contribution in [0, 0.1) is 0 Å². The molecule has 1 aromatic heterocycles. The first kappa shape index (κ1) is 19.8. The van der Waals surface area contributed by atoms with Gasteiger partial charge in [-0.25, -0.2) is 0 Å². The van der Waals surface area contributed by atoms with Crippen molar-refractivity contribution in [3.63, 3.8) is 0 Å². The van der Waals surface area contributed by atoms with Gasteiger partial charge in [0.25, 0.3) is 20.3 Å². The molecule has 0 unspecified atom stereocenters. The number of sulfonamides is 1. The summed E-state index contributed by atoms with van der Waals surface area (Å²) in [6, 6.07) is 17.4. The van der Waals surface area contributed by atoms with Crippen molar-refractivity contribution in [2.45, 2.75) is 23.8 Å². The number of carbonyl (C=O) groups is 1. The summed E-state index contributed by atoms with van der Waals surface area (Å²) in [4.78, 5) is 12.4. The van der Waals surface area contributed by atoms with E-state index in [4.69, 9.17) is 4.74 Å². The van der Waals surface area contributed by atoms with Gasteiger partial charge in [-0.05, 0) is 30.7 Å². The third-order valence-corrected chi connectivity index (χ3v) is 6.16. The first-order valence-electron chi connectivity index (χ1n) is 8.42. The summed E-state index contributed by atoms with van der Waals surface area (Å²) < 4.78 is 32.6. The number of nitrogens with one attached hydrogen (secondary N) is 2. The fourth-order valence-corrected chi connectivity index (χ4v) is 4.21. The van der Waals surface area contributed by atoms with Crippen LogP contribution >= 0.6 is 11.3 Å². The molecule has 1 heterocycles. The molecular formula is C18H18N4O4S2. The second-order valence-corrected chi connectivity index (χ2v) is 8.50. The minimum atomic E-state index is -3.89. The summed E-state index contributed by atoms with van der Waals surface area (Å²) in [6.45, 7) is 1.81. The highest BCUT2D eigenvalue weighted by molar-refractivity contribution is 7.94. The average Bonchev–Trinajstić information content (AvgIpc) is 3.17. The van der Waals surface area contributed by atoms with E-state index in [1.165, 1.54) is 0 Å². The maximum absolute atomic E-state index is 12.4. The zero-order chi connectivity index (χ0) is 20.0. The first-order valence-corrected chi connectivity index (χ1v) is 10.7. The van der Waals surface area contributed by atoms with Crippen molar-refractivity contribution in [2.24, 2.45) is 0 Å². The van der Waals surface area contributed by atoms with Crippen molar-refractivity contribution >= 4 is 38.1 Å². The predicted molar refractivity (Wildman–Crippen MR) is 107 cm³/mol. The number of ether oxygens (including phenoxy) is 1. The number of aromatic nitrogens is 2. The molecule has 1 atom stereocenters. The van der Waals surface area contributed by atoms with Gasteiger partial charge in [-0.1, -0.05) is 54.7 Å². The standard InChI is InChI=1S/C18H18N4O4S2/c1-2-15(26-14-11-7-4-8-12-14)16(23)19-17-20-21-18(27-17)28(24,25)22-13-9-5-3-6-10-13/h3-12,15,22H,2H2,1H3,(H,19,20,23)/t15-/m0/s1. The molecule has 2 aromatic carbocycles. The Labute approximate surface area is 166 Å². The summed E-state index contributed by atoms with van der Waals surface area (Å²) in [5.74, 6) is 0.138. The van der Waals surface area contributed by atoms with Gasteiger partial charge >= 0.3 is 0 Å². The molecule has 0 fully saturated rings. The molecule has 2 N–H and O–H groups in total. The Morgan fingerprint density at radius 3 is 2.36 bits per heavy atom. The van der Waals surface area contributed by atoms with Crippen LogP contribution in [0.3, 0.4) is 0 Å². The fourth-order valence-electron chi connectivity index (χ4n) is 2.25. The van der Waals surface area contributed by atoms with Gasteiger partial charge in [0, 0.05) is 5.69 Å². The Hall–Kier alpha value is -2.98. The maximum atomic E-state index is 12.4. The lowest BCUT2D eigenvalue weighted by Gasteiger charge is -2.16. The minimum Gasteiger partial charge on any atom is -0.481 e. The lowest BCUT2D eigenvalue weighted by molar-refractivity contribution is -0.122.